The standard InChI is InChI=1S/C10H11ClN2O4/c1-6(10(14)17-2)12-9-5-7(13(15)16)3-4-8(9)11/h3-6,12H,1-2H3. The van der Waals surface area contributed by atoms with Gasteiger partial charge in [-0.25, -0.2) is 4.79 Å². The Morgan fingerprint density at radius 2 is 2.24 bits per heavy atom. The van der Waals surface area contributed by atoms with Gasteiger partial charge in [0, 0.05) is 12.1 Å². The van der Waals surface area contributed by atoms with E-state index in [1.165, 1.54) is 25.3 Å². The van der Waals surface area contributed by atoms with Crippen molar-refractivity contribution in [1.29, 1.82) is 0 Å². The maximum absolute atomic E-state index is 11.2. The molecule has 1 unspecified atom stereocenters. The van der Waals surface area contributed by atoms with Crippen molar-refractivity contribution < 1.29 is 14.5 Å². The molecule has 6 nitrogen and oxygen atoms in total. The SMILES string of the molecule is COC(=O)C(C)Nc1cc([N+](=O)[O-])ccc1Cl. The Labute approximate surface area is 103 Å². The number of anilines is 1. The summed E-state index contributed by atoms with van der Waals surface area (Å²) < 4.78 is 4.52. The van der Waals surface area contributed by atoms with Gasteiger partial charge < -0.3 is 10.1 Å². The number of nitro benzene ring substituents is 1. The summed E-state index contributed by atoms with van der Waals surface area (Å²) in [6.07, 6.45) is 0. The zero-order chi connectivity index (χ0) is 13.0. The van der Waals surface area contributed by atoms with Crippen molar-refractivity contribution in [3.8, 4) is 0 Å². The predicted molar refractivity (Wildman–Crippen MR) is 63.2 cm³/mol. The fourth-order valence-corrected chi connectivity index (χ4v) is 1.38. The van der Waals surface area contributed by atoms with Gasteiger partial charge in [0.15, 0.2) is 0 Å². The van der Waals surface area contributed by atoms with Crippen LogP contribution in [0.15, 0.2) is 18.2 Å². The van der Waals surface area contributed by atoms with Crippen molar-refractivity contribution in [2.45, 2.75) is 13.0 Å². The van der Waals surface area contributed by atoms with Gasteiger partial charge in [0.05, 0.1) is 22.7 Å². The fourth-order valence-electron chi connectivity index (χ4n) is 1.21. The number of halogens is 1. The van der Waals surface area contributed by atoms with E-state index in [1.807, 2.05) is 0 Å². The molecule has 0 fully saturated rings. The Hall–Kier alpha value is -1.82. The normalized spacial score (nSPS) is 11.7. The van der Waals surface area contributed by atoms with E-state index in [0.29, 0.717) is 10.7 Å². The van der Waals surface area contributed by atoms with Crippen molar-refractivity contribution in [1.82, 2.24) is 0 Å². The van der Waals surface area contributed by atoms with Crippen LogP contribution in [0.5, 0.6) is 0 Å². The zero-order valence-corrected chi connectivity index (χ0v) is 10.0. The number of rotatable bonds is 4. The number of non-ortho nitro benzene ring substituents is 1. The van der Waals surface area contributed by atoms with E-state index in [-0.39, 0.29) is 5.69 Å². The van der Waals surface area contributed by atoms with Crippen LogP contribution >= 0.6 is 11.6 Å². The first-order chi connectivity index (χ1) is 7.95. The van der Waals surface area contributed by atoms with E-state index in [0.717, 1.165) is 0 Å². The topological polar surface area (TPSA) is 81.5 Å². The number of methoxy groups -OCH3 is 1. The van der Waals surface area contributed by atoms with Crippen LogP contribution in [-0.2, 0) is 9.53 Å². The summed E-state index contributed by atoms with van der Waals surface area (Å²) in [5.41, 5.74) is 0.215. The van der Waals surface area contributed by atoms with Crippen molar-refractivity contribution in [3.63, 3.8) is 0 Å². The van der Waals surface area contributed by atoms with Crippen LogP contribution in [0.4, 0.5) is 11.4 Å². The largest absolute Gasteiger partial charge is 0.467 e. The Balaban J connectivity index is 2.93. The molecule has 1 atom stereocenters. The lowest BCUT2D eigenvalue weighted by Gasteiger charge is -2.13. The number of carbonyl (C=O) groups is 1. The third-order valence-corrected chi connectivity index (χ3v) is 2.42. The molecule has 0 spiro atoms. The summed E-state index contributed by atoms with van der Waals surface area (Å²) in [6, 6.07) is 3.31. The lowest BCUT2D eigenvalue weighted by Crippen LogP contribution is -2.27. The van der Waals surface area contributed by atoms with Gasteiger partial charge in [0.2, 0.25) is 0 Å². The minimum absolute atomic E-state index is 0.103. The molecule has 0 radical (unpaired) electrons. The van der Waals surface area contributed by atoms with Crippen LogP contribution in [0, 0.1) is 10.1 Å². The summed E-state index contributed by atoms with van der Waals surface area (Å²) in [5.74, 6) is -0.479. The number of ether oxygens (including phenoxy) is 1. The number of esters is 1. The van der Waals surface area contributed by atoms with Crippen LogP contribution < -0.4 is 5.32 Å². The van der Waals surface area contributed by atoms with Crippen LogP contribution in [0.2, 0.25) is 5.02 Å². The highest BCUT2D eigenvalue weighted by atomic mass is 35.5. The van der Waals surface area contributed by atoms with Crippen LogP contribution in [-0.4, -0.2) is 24.0 Å². The Morgan fingerprint density at radius 1 is 1.59 bits per heavy atom. The molecule has 7 heteroatoms. The first-order valence-electron chi connectivity index (χ1n) is 4.74. The molecular formula is C10H11ClN2O4. The Kier molecular flexibility index (Phi) is 4.28. The van der Waals surface area contributed by atoms with Gasteiger partial charge in [0.1, 0.15) is 6.04 Å². The monoisotopic (exact) mass is 258 g/mol. The number of nitro groups is 1. The molecule has 0 aromatic heterocycles. The van der Waals surface area contributed by atoms with Gasteiger partial charge in [-0.05, 0) is 13.0 Å². The van der Waals surface area contributed by atoms with Gasteiger partial charge >= 0.3 is 5.97 Å². The van der Waals surface area contributed by atoms with Crippen molar-refractivity contribution in [2.24, 2.45) is 0 Å². The minimum atomic E-state index is -0.639. The van der Waals surface area contributed by atoms with Crippen molar-refractivity contribution in [2.75, 3.05) is 12.4 Å². The van der Waals surface area contributed by atoms with Crippen LogP contribution in [0.1, 0.15) is 6.92 Å². The molecule has 0 saturated heterocycles. The summed E-state index contributed by atoms with van der Waals surface area (Å²) >= 11 is 5.86. The number of hydrogen-bond donors (Lipinski definition) is 1. The van der Waals surface area contributed by atoms with Gasteiger partial charge in [-0.2, -0.15) is 0 Å². The van der Waals surface area contributed by atoms with E-state index in [2.05, 4.69) is 10.1 Å². The first-order valence-corrected chi connectivity index (χ1v) is 5.11. The maximum atomic E-state index is 11.2. The molecule has 0 bridgehead atoms. The van der Waals surface area contributed by atoms with Gasteiger partial charge in [-0.3, -0.25) is 10.1 Å². The molecule has 0 heterocycles. The van der Waals surface area contributed by atoms with Crippen LogP contribution in [0.25, 0.3) is 0 Å². The quantitative estimate of drug-likeness (QED) is 0.509. The van der Waals surface area contributed by atoms with E-state index in [1.54, 1.807) is 6.92 Å². The highest BCUT2D eigenvalue weighted by molar-refractivity contribution is 6.33. The molecule has 1 aromatic rings. The molecule has 92 valence electrons. The smallest absolute Gasteiger partial charge is 0.327 e. The molecule has 0 amide bonds. The molecular weight excluding hydrogens is 248 g/mol. The summed E-state index contributed by atoms with van der Waals surface area (Å²) in [4.78, 5) is 21.2. The molecule has 1 aromatic carbocycles. The Morgan fingerprint density at radius 3 is 2.76 bits per heavy atom. The van der Waals surface area contributed by atoms with Crippen molar-refractivity contribution in [3.05, 3.63) is 33.3 Å². The Bertz CT molecular complexity index is 450. The third-order valence-electron chi connectivity index (χ3n) is 2.09. The van der Waals surface area contributed by atoms with Gasteiger partial charge in [0.25, 0.3) is 5.69 Å². The summed E-state index contributed by atoms with van der Waals surface area (Å²) in [7, 11) is 1.26. The van der Waals surface area contributed by atoms with E-state index in [4.69, 9.17) is 11.6 Å². The molecule has 0 aliphatic carbocycles. The number of hydrogen-bond acceptors (Lipinski definition) is 5. The predicted octanol–water partition coefficient (Wildman–Crippen LogP) is 2.22. The summed E-state index contributed by atoms with van der Waals surface area (Å²) in [6.45, 7) is 1.57. The highest BCUT2D eigenvalue weighted by Gasteiger charge is 2.16. The maximum Gasteiger partial charge on any atom is 0.327 e. The first kappa shape index (κ1) is 13.2. The highest BCUT2D eigenvalue weighted by Crippen LogP contribution is 2.27. The molecule has 0 saturated carbocycles. The number of carbonyl (C=O) groups excluding carboxylic acids is 1. The second-order valence-corrected chi connectivity index (χ2v) is 3.72. The third kappa shape index (κ3) is 3.32. The molecule has 0 aliphatic rings. The number of nitrogens with one attached hydrogen (secondary N) is 1. The zero-order valence-electron chi connectivity index (χ0n) is 9.27. The lowest BCUT2D eigenvalue weighted by molar-refractivity contribution is -0.384. The molecule has 1 rings (SSSR count). The van der Waals surface area contributed by atoms with E-state index in [9.17, 15) is 14.9 Å². The van der Waals surface area contributed by atoms with E-state index >= 15 is 0 Å². The second-order valence-electron chi connectivity index (χ2n) is 3.31. The van der Waals surface area contributed by atoms with Crippen molar-refractivity contribution >= 4 is 28.9 Å². The van der Waals surface area contributed by atoms with Gasteiger partial charge in [-0.15, -0.1) is 0 Å². The molecule has 17 heavy (non-hydrogen) atoms. The number of benzene rings is 1. The summed E-state index contributed by atoms with van der Waals surface area (Å²) in [5, 5.41) is 13.6. The average Bonchev–Trinajstić information content (AvgIpc) is 2.30. The average molecular weight is 259 g/mol. The second kappa shape index (κ2) is 5.49. The van der Waals surface area contributed by atoms with Gasteiger partial charge in [-0.1, -0.05) is 11.6 Å². The minimum Gasteiger partial charge on any atom is -0.467 e. The van der Waals surface area contributed by atoms with Crippen LogP contribution in [0.3, 0.4) is 0 Å². The molecule has 1 N–H and O–H groups in total. The van der Waals surface area contributed by atoms with E-state index < -0.39 is 16.9 Å². The molecule has 0 aliphatic heterocycles. The fraction of sp³-hybridized carbons (Fsp3) is 0.300. The number of nitrogens with zero attached hydrogens (tertiary/aromatic N) is 1. The lowest BCUT2D eigenvalue weighted by atomic mass is 10.2.